The van der Waals surface area contributed by atoms with Crippen molar-refractivity contribution in [3.63, 3.8) is 0 Å². The van der Waals surface area contributed by atoms with E-state index in [0.29, 0.717) is 18.0 Å². The van der Waals surface area contributed by atoms with Gasteiger partial charge in [0.15, 0.2) is 0 Å². The molecule has 0 heterocycles. The minimum Gasteiger partial charge on any atom is -0.388 e. The average Bonchev–Trinajstić information content (AvgIpc) is 2.56. The second-order valence-corrected chi connectivity index (χ2v) is 7.85. The van der Waals surface area contributed by atoms with Gasteiger partial charge in [-0.25, -0.2) is 13.1 Å². The summed E-state index contributed by atoms with van der Waals surface area (Å²) < 4.78 is 26.9. The van der Waals surface area contributed by atoms with Crippen LogP contribution in [0.5, 0.6) is 0 Å². The molecule has 0 bridgehead atoms. The number of halogens is 1. The van der Waals surface area contributed by atoms with Crippen LogP contribution in [0.2, 0.25) is 5.02 Å². The number of benzene rings is 2. The Balaban J connectivity index is 1.90. The Kier molecular flexibility index (Phi) is 6.80. The van der Waals surface area contributed by atoms with E-state index in [-0.39, 0.29) is 4.90 Å². The fourth-order valence-corrected chi connectivity index (χ4v) is 3.53. The molecule has 2 rings (SSSR count). The molecule has 2 aromatic carbocycles. The Hall–Kier alpha value is -1.40. The average molecular weight is 368 g/mol. The van der Waals surface area contributed by atoms with Gasteiger partial charge >= 0.3 is 0 Å². The van der Waals surface area contributed by atoms with Crippen molar-refractivity contribution in [1.29, 1.82) is 0 Å². The van der Waals surface area contributed by atoms with E-state index >= 15 is 0 Å². The molecule has 2 aromatic rings. The van der Waals surface area contributed by atoms with Crippen molar-refractivity contribution in [1.82, 2.24) is 4.72 Å². The summed E-state index contributed by atoms with van der Waals surface area (Å²) in [4.78, 5) is 0.199. The van der Waals surface area contributed by atoms with E-state index in [9.17, 15) is 13.5 Å². The lowest BCUT2D eigenvalue weighted by Crippen LogP contribution is -2.25. The standard InChI is InChI=1S/C18H22ClNO3S/c1-2-3-18(21)15-6-4-14(5-7-15)12-13-20-24(22,23)17-10-8-16(19)9-11-17/h4-11,18,20-21H,2-3,12-13H2,1H3. The highest BCUT2D eigenvalue weighted by Crippen LogP contribution is 2.19. The summed E-state index contributed by atoms with van der Waals surface area (Å²) in [5, 5.41) is 10.4. The predicted octanol–water partition coefficient (Wildman–Crippen LogP) is 3.69. The molecule has 1 unspecified atom stereocenters. The van der Waals surface area contributed by atoms with E-state index in [1.54, 1.807) is 12.1 Å². The summed E-state index contributed by atoms with van der Waals surface area (Å²) in [5.41, 5.74) is 1.91. The predicted molar refractivity (Wildman–Crippen MR) is 96.7 cm³/mol. The monoisotopic (exact) mass is 367 g/mol. The molecule has 0 aliphatic heterocycles. The van der Waals surface area contributed by atoms with Gasteiger partial charge in [-0.15, -0.1) is 0 Å². The molecule has 6 heteroatoms. The third-order valence-electron chi connectivity index (χ3n) is 3.76. The Bertz CT molecular complexity index is 743. The van der Waals surface area contributed by atoms with Gasteiger partial charge in [-0.05, 0) is 48.2 Å². The number of hydrogen-bond donors (Lipinski definition) is 2. The van der Waals surface area contributed by atoms with Crippen molar-refractivity contribution in [3.05, 3.63) is 64.7 Å². The lowest BCUT2D eigenvalue weighted by molar-refractivity contribution is 0.166. The minimum atomic E-state index is -3.52. The highest BCUT2D eigenvalue weighted by Gasteiger charge is 2.13. The number of nitrogens with one attached hydrogen (secondary N) is 1. The van der Waals surface area contributed by atoms with E-state index in [1.165, 1.54) is 12.1 Å². The van der Waals surface area contributed by atoms with Crippen LogP contribution in [0.3, 0.4) is 0 Å². The quantitative estimate of drug-likeness (QED) is 0.747. The van der Waals surface area contributed by atoms with Crippen molar-refractivity contribution in [2.45, 2.75) is 37.2 Å². The molecular formula is C18H22ClNO3S. The lowest BCUT2D eigenvalue weighted by atomic mass is 10.0. The van der Waals surface area contributed by atoms with Crippen LogP contribution in [0, 0.1) is 0 Å². The second kappa shape index (κ2) is 8.62. The molecule has 4 nitrogen and oxygen atoms in total. The van der Waals surface area contributed by atoms with E-state index < -0.39 is 16.1 Å². The minimum absolute atomic E-state index is 0.199. The molecule has 0 amide bonds. The molecule has 0 saturated carbocycles. The number of sulfonamides is 1. The molecule has 1 atom stereocenters. The van der Waals surface area contributed by atoms with E-state index in [1.807, 2.05) is 31.2 Å². The van der Waals surface area contributed by atoms with Crippen molar-refractivity contribution in [2.75, 3.05) is 6.54 Å². The number of aliphatic hydroxyl groups excluding tert-OH is 1. The zero-order valence-corrected chi connectivity index (χ0v) is 15.1. The van der Waals surface area contributed by atoms with Gasteiger partial charge < -0.3 is 5.11 Å². The van der Waals surface area contributed by atoms with Gasteiger partial charge in [0.05, 0.1) is 11.0 Å². The SMILES string of the molecule is CCCC(O)c1ccc(CCNS(=O)(=O)c2ccc(Cl)cc2)cc1. The molecule has 0 fully saturated rings. The van der Waals surface area contributed by atoms with Crippen LogP contribution < -0.4 is 4.72 Å². The van der Waals surface area contributed by atoms with E-state index in [0.717, 1.165) is 24.0 Å². The second-order valence-electron chi connectivity index (χ2n) is 5.65. The third-order valence-corrected chi connectivity index (χ3v) is 5.49. The maximum atomic E-state index is 12.2. The first-order valence-electron chi connectivity index (χ1n) is 7.94. The first-order valence-corrected chi connectivity index (χ1v) is 9.80. The fraction of sp³-hybridized carbons (Fsp3) is 0.333. The first-order chi connectivity index (χ1) is 11.4. The zero-order valence-electron chi connectivity index (χ0n) is 13.6. The smallest absolute Gasteiger partial charge is 0.240 e. The Morgan fingerprint density at radius 3 is 2.29 bits per heavy atom. The molecule has 0 aliphatic carbocycles. The normalized spacial score (nSPS) is 13.0. The molecular weight excluding hydrogens is 346 g/mol. The van der Waals surface area contributed by atoms with Gasteiger partial charge in [0, 0.05) is 11.6 Å². The van der Waals surface area contributed by atoms with Crippen LogP contribution in [0.15, 0.2) is 53.4 Å². The molecule has 0 saturated heterocycles. The summed E-state index contributed by atoms with van der Waals surface area (Å²) in [6.45, 7) is 2.34. The first kappa shape index (κ1) is 18.9. The van der Waals surface area contributed by atoms with Gasteiger partial charge in [0.25, 0.3) is 0 Å². The van der Waals surface area contributed by atoms with Crippen LogP contribution in [0.25, 0.3) is 0 Å². The molecule has 2 N–H and O–H groups in total. The highest BCUT2D eigenvalue weighted by atomic mass is 35.5. The van der Waals surface area contributed by atoms with Gasteiger partial charge in [0.2, 0.25) is 10.0 Å². The highest BCUT2D eigenvalue weighted by molar-refractivity contribution is 7.89. The van der Waals surface area contributed by atoms with Crippen molar-refractivity contribution in [3.8, 4) is 0 Å². The Labute approximate surface area is 148 Å². The number of hydrogen-bond acceptors (Lipinski definition) is 3. The summed E-state index contributed by atoms with van der Waals surface area (Å²) in [6.07, 6.45) is 1.81. The summed E-state index contributed by atoms with van der Waals surface area (Å²) >= 11 is 5.77. The molecule has 130 valence electrons. The van der Waals surface area contributed by atoms with Crippen molar-refractivity contribution >= 4 is 21.6 Å². The largest absolute Gasteiger partial charge is 0.388 e. The van der Waals surface area contributed by atoms with E-state index in [4.69, 9.17) is 11.6 Å². The van der Waals surface area contributed by atoms with E-state index in [2.05, 4.69) is 4.72 Å². The third kappa shape index (κ3) is 5.31. The van der Waals surface area contributed by atoms with Gasteiger partial charge in [-0.2, -0.15) is 0 Å². The molecule has 0 aromatic heterocycles. The van der Waals surface area contributed by atoms with Crippen molar-refractivity contribution in [2.24, 2.45) is 0 Å². The van der Waals surface area contributed by atoms with Crippen LogP contribution in [0.4, 0.5) is 0 Å². The molecule has 0 spiro atoms. The summed E-state index contributed by atoms with van der Waals surface area (Å²) in [7, 11) is -3.52. The lowest BCUT2D eigenvalue weighted by Gasteiger charge is -2.11. The summed E-state index contributed by atoms with van der Waals surface area (Å²) in [6, 6.07) is 13.7. The van der Waals surface area contributed by atoms with Crippen molar-refractivity contribution < 1.29 is 13.5 Å². The topological polar surface area (TPSA) is 66.4 Å². The maximum Gasteiger partial charge on any atom is 0.240 e. The Morgan fingerprint density at radius 2 is 1.71 bits per heavy atom. The Morgan fingerprint density at radius 1 is 1.08 bits per heavy atom. The van der Waals surface area contributed by atoms with Gasteiger partial charge in [-0.3, -0.25) is 0 Å². The number of rotatable bonds is 8. The van der Waals surface area contributed by atoms with Crippen LogP contribution in [0.1, 0.15) is 37.0 Å². The number of aliphatic hydroxyl groups is 1. The van der Waals surface area contributed by atoms with Crippen LogP contribution in [-0.4, -0.2) is 20.1 Å². The summed E-state index contributed by atoms with van der Waals surface area (Å²) in [5.74, 6) is 0. The zero-order chi connectivity index (χ0) is 17.6. The van der Waals surface area contributed by atoms with Gasteiger partial charge in [0.1, 0.15) is 0 Å². The molecule has 0 aliphatic rings. The van der Waals surface area contributed by atoms with Crippen LogP contribution in [-0.2, 0) is 16.4 Å². The maximum absolute atomic E-state index is 12.2. The van der Waals surface area contributed by atoms with Crippen LogP contribution >= 0.6 is 11.6 Å². The fourth-order valence-electron chi connectivity index (χ4n) is 2.37. The molecule has 0 radical (unpaired) electrons. The molecule has 24 heavy (non-hydrogen) atoms. The van der Waals surface area contributed by atoms with Gasteiger partial charge in [-0.1, -0.05) is 49.2 Å².